The van der Waals surface area contributed by atoms with E-state index in [1.807, 2.05) is 12.1 Å². The third-order valence-electron chi connectivity index (χ3n) is 6.66. The van der Waals surface area contributed by atoms with Crippen molar-refractivity contribution >= 4 is 41.1 Å². The van der Waals surface area contributed by atoms with E-state index in [1.165, 1.54) is 28.8 Å². The third kappa shape index (κ3) is 4.87. The lowest BCUT2D eigenvalue weighted by atomic mass is 10.0. The number of nitrogens with zero attached hydrogens (tertiary/aromatic N) is 3. The largest absolute Gasteiger partial charge is 0.508 e. The van der Waals surface area contributed by atoms with Gasteiger partial charge in [0, 0.05) is 35.7 Å². The number of aromatic hydroxyl groups is 1. The zero-order valence-corrected chi connectivity index (χ0v) is 21.1. The van der Waals surface area contributed by atoms with Crippen LogP contribution in [-0.4, -0.2) is 67.4 Å². The van der Waals surface area contributed by atoms with E-state index in [1.54, 1.807) is 39.9 Å². The topological polar surface area (TPSA) is 157 Å². The molecule has 0 bridgehead atoms. The summed E-state index contributed by atoms with van der Waals surface area (Å²) in [6, 6.07) is 10.9. The highest BCUT2D eigenvalue weighted by Gasteiger charge is 2.51. The molecule has 4 heterocycles. The SMILES string of the molecule is N[C@@H]1C(=O)N2C(C(=O)O)=C(C=C3CCN(Cc4cccc[n+]4CC(=O)Nc4ccc(O)cc4)C3=O)CS[C@H]12. The Bertz CT molecular complexity index is 1390. The van der Waals surface area contributed by atoms with E-state index in [0.717, 1.165) is 5.69 Å². The summed E-state index contributed by atoms with van der Waals surface area (Å²) >= 11 is 1.39. The number of nitrogens with two attached hydrogens (primary N) is 1. The van der Waals surface area contributed by atoms with Gasteiger partial charge in [0.25, 0.3) is 5.91 Å². The molecule has 2 fully saturated rings. The van der Waals surface area contributed by atoms with Crippen LogP contribution in [0.2, 0.25) is 0 Å². The second-order valence-corrected chi connectivity index (χ2v) is 10.3. The van der Waals surface area contributed by atoms with Crippen LogP contribution in [-0.2, 0) is 32.3 Å². The van der Waals surface area contributed by atoms with E-state index >= 15 is 0 Å². The molecular weight excluding hydrogens is 510 g/mol. The Balaban J connectivity index is 1.29. The Kier molecular flexibility index (Phi) is 6.91. The molecule has 3 aliphatic heterocycles. The van der Waals surface area contributed by atoms with Crippen molar-refractivity contribution in [3.63, 3.8) is 0 Å². The standard InChI is InChI=1S/C26H25N5O6S/c27-21-24(35)31-22(26(36)37)16(14-38-25(21)31)11-15-8-10-30(23(15)34)12-18-3-1-2-9-29(18)13-20(33)28-17-4-6-19(32)7-5-17/h1-7,9,11,21,25H,8,10,12-14,27H2,(H2-,28,32,33,36,37)/p+1/t21-,25-/m1/s1. The number of carbonyl (C=O) groups excluding carboxylic acids is 3. The summed E-state index contributed by atoms with van der Waals surface area (Å²) in [4.78, 5) is 52.8. The highest BCUT2D eigenvalue weighted by Crippen LogP contribution is 2.40. The van der Waals surface area contributed by atoms with E-state index in [4.69, 9.17) is 5.73 Å². The number of benzene rings is 1. The molecule has 12 heteroatoms. The molecule has 0 spiro atoms. The fraction of sp³-hybridized carbons (Fsp3) is 0.269. The molecule has 0 unspecified atom stereocenters. The van der Waals surface area contributed by atoms with Crippen molar-refractivity contribution in [1.29, 1.82) is 0 Å². The lowest BCUT2D eigenvalue weighted by Gasteiger charge is -2.47. The number of hydrogen-bond donors (Lipinski definition) is 4. The number of nitrogens with one attached hydrogen (secondary N) is 1. The van der Waals surface area contributed by atoms with E-state index in [-0.39, 0.29) is 36.4 Å². The Morgan fingerprint density at radius 3 is 2.68 bits per heavy atom. The highest BCUT2D eigenvalue weighted by atomic mass is 32.2. The number of carboxylic acids is 1. The average Bonchev–Trinajstić information content (AvgIpc) is 3.24. The van der Waals surface area contributed by atoms with Crippen LogP contribution in [0.15, 0.2) is 71.6 Å². The van der Waals surface area contributed by atoms with Crippen molar-refractivity contribution in [1.82, 2.24) is 9.80 Å². The van der Waals surface area contributed by atoms with Gasteiger partial charge in [-0.05, 0) is 42.3 Å². The lowest BCUT2D eigenvalue weighted by Crippen LogP contribution is -2.68. The van der Waals surface area contributed by atoms with Crippen LogP contribution < -0.4 is 15.6 Å². The van der Waals surface area contributed by atoms with Crippen LogP contribution >= 0.6 is 11.8 Å². The number of aromatic nitrogens is 1. The molecule has 2 atom stereocenters. The van der Waals surface area contributed by atoms with Crippen molar-refractivity contribution in [2.45, 2.75) is 30.9 Å². The number of pyridine rings is 1. The van der Waals surface area contributed by atoms with Crippen LogP contribution in [0, 0.1) is 0 Å². The van der Waals surface area contributed by atoms with Crippen molar-refractivity contribution in [3.8, 4) is 5.75 Å². The first-order valence-electron chi connectivity index (χ1n) is 12.0. The number of amides is 3. The second-order valence-electron chi connectivity index (χ2n) is 9.18. The van der Waals surface area contributed by atoms with Gasteiger partial charge in [-0.2, -0.15) is 4.57 Å². The predicted octanol–water partition coefficient (Wildman–Crippen LogP) is 0.558. The molecule has 196 valence electrons. The molecule has 3 amide bonds. The summed E-state index contributed by atoms with van der Waals surface area (Å²) < 4.78 is 1.76. The minimum Gasteiger partial charge on any atom is -0.508 e. The van der Waals surface area contributed by atoms with Crippen LogP contribution in [0.3, 0.4) is 0 Å². The van der Waals surface area contributed by atoms with Crippen LogP contribution in [0.5, 0.6) is 5.75 Å². The monoisotopic (exact) mass is 536 g/mol. The zero-order valence-electron chi connectivity index (χ0n) is 20.2. The Morgan fingerprint density at radius 2 is 1.95 bits per heavy atom. The molecule has 1 aromatic carbocycles. The van der Waals surface area contributed by atoms with Crippen molar-refractivity contribution in [2.24, 2.45) is 5.73 Å². The van der Waals surface area contributed by atoms with Gasteiger partial charge in [0.2, 0.25) is 24.1 Å². The summed E-state index contributed by atoms with van der Waals surface area (Å²) in [5, 5.41) is 21.5. The number of thioether (sulfide) groups is 1. The van der Waals surface area contributed by atoms with Gasteiger partial charge in [0.15, 0.2) is 6.20 Å². The van der Waals surface area contributed by atoms with Crippen molar-refractivity contribution in [2.75, 3.05) is 17.6 Å². The number of likely N-dealkylation sites (tertiary alicyclic amines) is 1. The highest BCUT2D eigenvalue weighted by molar-refractivity contribution is 8.00. The summed E-state index contributed by atoms with van der Waals surface area (Å²) in [7, 11) is 0. The van der Waals surface area contributed by atoms with Gasteiger partial charge in [-0.1, -0.05) is 6.07 Å². The second kappa shape index (κ2) is 10.3. The number of phenolic OH excluding ortho intramolecular Hbond substituents is 1. The zero-order chi connectivity index (χ0) is 27.0. The van der Waals surface area contributed by atoms with Gasteiger partial charge in [-0.3, -0.25) is 19.3 Å². The number of anilines is 1. The third-order valence-corrected chi connectivity index (χ3v) is 7.98. The van der Waals surface area contributed by atoms with Crippen molar-refractivity contribution in [3.05, 3.63) is 77.3 Å². The van der Waals surface area contributed by atoms with Gasteiger partial charge in [-0.25, -0.2) is 4.79 Å². The first-order valence-corrected chi connectivity index (χ1v) is 13.0. The summed E-state index contributed by atoms with van der Waals surface area (Å²) in [6.07, 6.45) is 3.79. The number of aliphatic carboxylic acids is 1. The van der Waals surface area contributed by atoms with Gasteiger partial charge >= 0.3 is 5.97 Å². The van der Waals surface area contributed by atoms with Gasteiger partial charge in [0.1, 0.15) is 29.4 Å². The summed E-state index contributed by atoms with van der Waals surface area (Å²) in [5.74, 6) is -1.69. The molecule has 1 aromatic heterocycles. The first kappa shape index (κ1) is 25.5. The predicted molar refractivity (Wildman–Crippen MR) is 137 cm³/mol. The fourth-order valence-corrected chi connectivity index (χ4v) is 5.97. The number of carbonyl (C=O) groups is 4. The average molecular weight is 537 g/mol. The maximum Gasteiger partial charge on any atom is 0.352 e. The number of phenols is 1. The molecule has 0 radical (unpaired) electrons. The number of rotatable bonds is 7. The number of fused-ring (bicyclic) bond motifs is 1. The van der Waals surface area contributed by atoms with Crippen LogP contribution in [0.4, 0.5) is 5.69 Å². The number of β-lactam (4-membered cyclic amide) rings is 1. The van der Waals surface area contributed by atoms with Crippen molar-refractivity contribution < 1.29 is 34.0 Å². The molecule has 2 saturated heterocycles. The molecule has 3 aliphatic rings. The smallest absolute Gasteiger partial charge is 0.352 e. The minimum absolute atomic E-state index is 0.0288. The maximum absolute atomic E-state index is 13.2. The molecule has 2 aromatic rings. The summed E-state index contributed by atoms with van der Waals surface area (Å²) in [6.45, 7) is 0.740. The van der Waals surface area contributed by atoms with Crippen LogP contribution in [0.1, 0.15) is 12.1 Å². The summed E-state index contributed by atoms with van der Waals surface area (Å²) in [5.41, 5.74) is 7.90. The Hall–Kier alpha value is -4.16. The molecular formula is C26H26N5O6S+. The van der Waals surface area contributed by atoms with Gasteiger partial charge in [-0.15, -0.1) is 11.8 Å². The fourth-order valence-electron chi connectivity index (χ4n) is 4.72. The molecule has 11 nitrogen and oxygen atoms in total. The molecule has 38 heavy (non-hydrogen) atoms. The number of hydrogen-bond acceptors (Lipinski definition) is 7. The Labute approximate surface area is 222 Å². The van der Waals surface area contributed by atoms with Gasteiger partial charge < -0.3 is 26.2 Å². The number of allylic oxidation sites excluding steroid dienone is 1. The van der Waals surface area contributed by atoms with Crippen LogP contribution in [0.25, 0.3) is 0 Å². The minimum atomic E-state index is -1.22. The lowest BCUT2D eigenvalue weighted by molar-refractivity contribution is -0.692. The normalized spacial score (nSPS) is 22.0. The Morgan fingerprint density at radius 1 is 1.18 bits per heavy atom. The molecule has 5 N–H and O–H groups in total. The first-order chi connectivity index (χ1) is 18.2. The van der Waals surface area contributed by atoms with E-state index in [0.29, 0.717) is 35.6 Å². The maximum atomic E-state index is 13.2. The van der Waals surface area contributed by atoms with E-state index in [9.17, 15) is 29.4 Å². The molecule has 0 saturated carbocycles. The number of carboxylic acid groups (broad SMARTS) is 1. The van der Waals surface area contributed by atoms with E-state index in [2.05, 4.69) is 5.32 Å². The van der Waals surface area contributed by atoms with Gasteiger partial charge in [0.05, 0.1) is 0 Å². The molecule has 0 aliphatic carbocycles. The van der Waals surface area contributed by atoms with E-state index < -0.39 is 23.3 Å². The molecule has 5 rings (SSSR count). The quantitative estimate of drug-likeness (QED) is 0.173.